The van der Waals surface area contributed by atoms with Crippen LogP contribution in [-0.4, -0.2) is 32.5 Å². The number of ether oxygens (including phenoxy) is 1. The standard InChI is InChI=1S/C17H16FN3O3S2/c1-19-10-11-9-13(12-5-4-8-20-16(12)18)17(25-11)26(22,23)15-7-3-6-14(21-15)24-2/h3-9,19H,10H2,1-2H3. The van der Waals surface area contributed by atoms with Gasteiger partial charge in [-0.05, 0) is 31.3 Å². The van der Waals surface area contributed by atoms with Gasteiger partial charge in [-0.1, -0.05) is 6.07 Å². The van der Waals surface area contributed by atoms with Crippen molar-refractivity contribution in [3.63, 3.8) is 0 Å². The number of pyridine rings is 2. The summed E-state index contributed by atoms with van der Waals surface area (Å²) in [5.74, 6) is -0.538. The van der Waals surface area contributed by atoms with Gasteiger partial charge in [0.2, 0.25) is 21.7 Å². The maximum Gasteiger partial charge on any atom is 0.233 e. The fourth-order valence-electron chi connectivity index (χ4n) is 2.41. The molecule has 3 aromatic rings. The molecule has 26 heavy (non-hydrogen) atoms. The molecular weight excluding hydrogens is 377 g/mol. The summed E-state index contributed by atoms with van der Waals surface area (Å²) in [5, 5.41) is 2.82. The lowest BCUT2D eigenvalue weighted by Crippen LogP contribution is -2.05. The fourth-order valence-corrected chi connectivity index (χ4v) is 5.46. The molecule has 0 radical (unpaired) electrons. The number of sulfone groups is 1. The van der Waals surface area contributed by atoms with E-state index in [-0.39, 0.29) is 26.2 Å². The molecule has 0 aliphatic rings. The molecule has 0 fully saturated rings. The monoisotopic (exact) mass is 393 g/mol. The molecule has 0 saturated carbocycles. The summed E-state index contributed by atoms with van der Waals surface area (Å²) < 4.78 is 45.6. The Bertz CT molecular complexity index is 1040. The number of aromatic nitrogens is 2. The van der Waals surface area contributed by atoms with Crippen molar-refractivity contribution < 1.29 is 17.5 Å². The van der Waals surface area contributed by atoms with Crippen LogP contribution in [0.1, 0.15) is 4.88 Å². The minimum Gasteiger partial charge on any atom is -0.481 e. The lowest BCUT2D eigenvalue weighted by Gasteiger charge is -2.07. The van der Waals surface area contributed by atoms with Gasteiger partial charge in [0, 0.05) is 34.8 Å². The zero-order valence-electron chi connectivity index (χ0n) is 14.1. The summed E-state index contributed by atoms with van der Waals surface area (Å²) >= 11 is 1.08. The third-order valence-electron chi connectivity index (χ3n) is 3.58. The van der Waals surface area contributed by atoms with Crippen LogP contribution in [0.2, 0.25) is 0 Å². The van der Waals surface area contributed by atoms with Crippen molar-refractivity contribution in [3.8, 4) is 17.0 Å². The van der Waals surface area contributed by atoms with Crippen molar-refractivity contribution in [2.75, 3.05) is 14.2 Å². The molecule has 0 saturated heterocycles. The number of hydrogen-bond acceptors (Lipinski definition) is 7. The van der Waals surface area contributed by atoms with Crippen LogP contribution >= 0.6 is 11.3 Å². The van der Waals surface area contributed by atoms with Crippen molar-refractivity contribution in [2.45, 2.75) is 15.8 Å². The van der Waals surface area contributed by atoms with Gasteiger partial charge in [-0.2, -0.15) is 4.39 Å². The molecule has 0 spiro atoms. The molecule has 1 N–H and O–H groups in total. The van der Waals surface area contributed by atoms with Crippen molar-refractivity contribution in [1.29, 1.82) is 0 Å². The molecule has 3 rings (SSSR count). The second-order valence-electron chi connectivity index (χ2n) is 5.31. The summed E-state index contributed by atoms with van der Waals surface area (Å²) in [7, 11) is -0.800. The lowest BCUT2D eigenvalue weighted by molar-refractivity contribution is 0.393. The smallest absolute Gasteiger partial charge is 0.233 e. The summed E-state index contributed by atoms with van der Waals surface area (Å²) in [4.78, 5) is 8.41. The average molecular weight is 393 g/mol. The van der Waals surface area contributed by atoms with Crippen molar-refractivity contribution in [2.24, 2.45) is 0 Å². The Balaban J connectivity index is 2.21. The Morgan fingerprint density at radius 1 is 1.23 bits per heavy atom. The molecule has 3 aromatic heterocycles. The normalized spacial score (nSPS) is 11.5. The van der Waals surface area contributed by atoms with Gasteiger partial charge in [0.25, 0.3) is 0 Å². The Morgan fingerprint density at radius 2 is 2.04 bits per heavy atom. The first-order valence-corrected chi connectivity index (χ1v) is 9.91. The van der Waals surface area contributed by atoms with Crippen LogP contribution in [-0.2, 0) is 16.4 Å². The number of nitrogens with one attached hydrogen (secondary N) is 1. The summed E-state index contributed by atoms with van der Waals surface area (Å²) in [6, 6.07) is 9.22. The summed E-state index contributed by atoms with van der Waals surface area (Å²) in [6.07, 6.45) is 1.32. The van der Waals surface area contributed by atoms with Gasteiger partial charge in [-0.15, -0.1) is 11.3 Å². The largest absolute Gasteiger partial charge is 0.481 e. The quantitative estimate of drug-likeness (QED) is 0.649. The molecular formula is C17H16FN3O3S2. The van der Waals surface area contributed by atoms with Crippen molar-refractivity contribution in [1.82, 2.24) is 15.3 Å². The van der Waals surface area contributed by atoms with Crippen LogP contribution in [0.15, 0.2) is 51.8 Å². The number of rotatable bonds is 6. The van der Waals surface area contributed by atoms with E-state index in [1.165, 1.54) is 25.4 Å². The first-order chi connectivity index (χ1) is 12.5. The molecule has 0 bridgehead atoms. The highest BCUT2D eigenvalue weighted by atomic mass is 32.2. The Kier molecular flexibility index (Phi) is 5.30. The maximum atomic E-state index is 14.2. The van der Waals surface area contributed by atoms with Crippen LogP contribution in [0.25, 0.3) is 11.1 Å². The van der Waals surface area contributed by atoms with Gasteiger partial charge in [0.05, 0.1) is 7.11 Å². The highest BCUT2D eigenvalue weighted by molar-refractivity contribution is 7.93. The molecule has 0 aliphatic heterocycles. The van der Waals surface area contributed by atoms with Crippen molar-refractivity contribution >= 4 is 21.2 Å². The lowest BCUT2D eigenvalue weighted by atomic mass is 10.1. The predicted octanol–water partition coefficient (Wildman–Crippen LogP) is 2.91. The van der Waals surface area contributed by atoms with Gasteiger partial charge in [0.15, 0.2) is 5.03 Å². The van der Waals surface area contributed by atoms with Crippen LogP contribution < -0.4 is 10.1 Å². The molecule has 0 aliphatic carbocycles. The van der Waals surface area contributed by atoms with E-state index in [1.54, 1.807) is 31.3 Å². The zero-order chi connectivity index (χ0) is 18.7. The number of halogens is 1. The SMILES string of the molecule is CNCc1cc(-c2cccnc2F)c(S(=O)(=O)c2cccc(OC)n2)s1. The van der Waals surface area contributed by atoms with Gasteiger partial charge >= 0.3 is 0 Å². The number of hydrogen-bond donors (Lipinski definition) is 1. The second kappa shape index (κ2) is 7.48. The average Bonchev–Trinajstić information content (AvgIpc) is 3.07. The topological polar surface area (TPSA) is 81.2 Å². The minimum atomic E-state index is -3.96. The van der Waals surface area contributed by atoms with Gasteiger partial charge in [0.1, 0.15) is 4.21 Å². The maximum absolute atomic E-state index is 14.2. The molecule has 0 unspecified atom stereocenters. The highest BCUT2D eigenvalue weighted by Gasteiger charge is 2.28. The fraction of sp³-hybridized carbons (Fsp3) is 0.176. The van der Waals surface area contributed by atoms with Crippen LogP contribution in [0, 0.1) is 5.95 Å². The van der Waals surface area contributed by atoms with E-state index in [9.17, 15) is 12.8 Å². The number of nitrogens with zero attached hydrogens (tertiary/aromatic N) is 2. The van der Waals surface area contributed by atoms with Crippen molar-refractivity contribution in [3.05, 3.63) is 53.4 Å². The molecule has 136 valence electrons. The van der Waals surface area contributed by atoms with E-state index in [2.05, 4.69) is 15.3 Å². The molecule has 3 heterocycles. The van der Waals surface area contributed by atoms with Crippen LogP contribution in [0.3, 0.4) is 0 Å². The van der Waals surface area contributed by atoms with Crippen LogP contribution in [0.4, 0.5) is 4.39 Å². The van der Waals surface area contributed by atoms with Gasteiger partial charge in [-0.25, -0.2) is 18.4 Å². The first-order valence-electron chi connectivity index (χ1n) is 7.61. The van der Waals surface area contributed by atoms with E-state index in [1.807, 2.05) is 0 Å². The molecule has 9 heteroatoms. The molecule has 6 nitrogen and oxygen atoms in total. The number of thiophene rings is 1. The highest BCUT2D eigenvalue weighted by Crippen LogP contribution is 2.38. The van der Waals surface area contributed by atoms with E-state index in [0.717, 1.165) is 16.2 Å². The zero-order valence-corrected chi connectivity index (χ0v) is 15.7. The number of methoxy groups -OCH3 is 1. The molecule has 0 atom stereocenters. The van der Waals surface area contributed by atoms with Gasteiger partial charge in [-0.3, -0.25) is 0 Å². The third kappa shape index (κ3) is 3.46. The Hall–Kier alpha value is -2.36. The predicted molar refractivity (Wildman–Crippen MR) is 96.5 cm³/mol. The van der Waals surface area contributed by atoms with E-state index in [0.29, 0.717) is 6.54 Å². The summed E-state index contributed by atoms with van der Waals surface area (Å²) in [6.45, 7) is 0.459. The van der Waals surface area contributed by atoms with E-state index in [4.69, 9.17) is 4.74 Å². The third-order valence-corrected chi connectivity index (χ3v) is 6.90. The van der Waals surface area contributed by atoms with Crippen LogP contribution in [0.5, 0.6) is 5.88 Å². The Morgan fingerprint density at radius 3 is 2.73 bits per heavy atom. The second-order valence-corrected chi connectivity index (χ2v) is 8.54. The molecule has 0 amide bonds. The molecule has 0 aromatic carbocycles. The summed E-state index contributed by atoms with van der Waals surface area (Å²) in [5.41, 5.74) is 0.406. The minimum absolute atomic E-state index is 0.0235. The van der Waals surface area contributed by atoms with Gasteiger partial charge < -0.3 is 10.1 Å². The van der Waals surface area contributed by atoms with E-state index >= 15 is 0 Å². The van der Waals surface area contributed by atoms with E-state index < -0.39 is 15.8 Å². The Labute approximate surface area is 154 Å². The first kappa shape index (κ1) is 18.4.